The lowest BCUT2D eigenvalue weighted by molar-refractivity contribution is -0.124. The first-order valence-electron chi connectivity index (χ1n) is 9.34. The fraction of sp³-hybridized carbons (Fsp3) is 0.261. The van der Waals surface area contributed by atoms with Gasteiger partial charge in [0.05, 0.1) is 11.4 Å². The zero-order chi connectivity index (χ0) is 18.6. The lowest BCUT2D eigenvalue weighted by atomic mass is 9.67. The second-order valence-electron chi connectivity index (χ2n) is 8.16. The maximum Gasteiger partial charge on any atom is 0.143 e. The molecule has 1 N–H and O–H groups in total. The van der Waals surface area contributed by atoms with Crippen LogP contribution in [0, 0.1) is 11.3 Å². The minimum absolute atomic E-state index is 0.106. The number of nitrogens with one attached hydrogen (secondary N) is 1. The molecule has 3 aromatic rings. The fourth-order valence-electron chi connectivity index (χ4n) is 4.59. The van der Waals surface area contributed by atoms with Crippen molar-refractivity contribution in [3.05, 3.63) is 77.9 Å². The number of anilines is 1. The number of nitrogens with zero attached hydrogens (tertiary/aromatic N) is 2. The number of carbonyl (C=O) groups excluding carboxylic acids is 1. The van der Waals surface area contributed by atoms with Crippen molar-refractivity contribution in [2.45, 2.75) is 26.2 Å². The van der Waals surface area contributed by atoms with E-state index >= 15 is 0 Å². The summed E-state index contributed by atoms with van der Waals surface area (Å²) in [5, 5.41) is 4.64. The summed E-state index contributed by atoms with van der Waals surface area (Å²) < 4.78 is 0. The van der Waals surface area contributed by atoms with E-state index in [1.54, 1.807) is 12.4 Å². The molecule has 4 heteroatoms. The van der Waals surface area contributed by atoms with E-state index < -0.39 is 0 Å². The predicted molar refractivity (Wildman–Crippen MR) is 106 cm³/mol. The van der Waals surface area contributed by atoms with Crippen molar-refractivity contribution < 1.29 is 4.79 Å². The molecule has 0 saturated carbocycles. The number of hydrogen-bond donors (Lipinski definition) is 1. The molecule has 27 heavy (non-hydrogen) atoms. The molecule has 2 atom stereocenters. The van der Waals surface area contributed by atoms with Gasteiger partial charge in [-0.15, -0.1) is 0 Å². The third-order valence-corrected chi connectivity index (χ3v) is 5.61. The number of allylic oxidation sites excluding steroid dienone is 2. The van der Waals surface area contributed by atoms with Gasteiger partial charge in [0.1, 0.15) is 5.78 Å². The SMILES string of the molecule is CC1(C)C=C2Nc3ccc4ncccc4c3C(c3ccccn3)C2C(=O)C1. The molecular formula is C23H21N3O. The number of carbonyl (C=O) groups is 1. The van der Waals surface area contributed by atoms with E-state index in [2.05, 4.69) is 47.3 Å². The van der Waals surface area contributed by atoms with E-state index in [-0.39, 0.29) is 23.0 Å². The van der Waals surface area contributed by atoms with Crippen LogP contribution in [-0.4, -0.2) is 15.8 Å². The Kier molecular flexibility index (Phi) is 3.44. The highest BCUT2D eigenvalue weighted by Gasteiger charge is 2.44. The van der Waals surface area contributed by atoms with Crippen LogP contribution in [0.5, 0.6) is 0 Å². The van der Waals surface area contributed by atoms with Crippen LogP contribution >= 0.6 is 0 Å². The molecule has 0 bridgehead atoms. The lowest BCUT2D eigenvalue weighted by Gasteiger charge is -2.41. The van der Waals surface area contributed by atoms with Crippen molar-refractivity contribution in [2.75, 3.05) is 5.32 Å². The number of rotatable bonds is 1. The molecule has 0 saturated heterocycles. The molecule has 4 nitrogen and oxygen atoms in total. The van der Waals surface area contributed by atoms with E-state index in [1.165, 1.54) is 0 Å². The van der Waals surface area contributed by atoms with Crippen LogP contribution in [0.3, 0.4) is 0 Å². The molecule has 134 valence electrons. The van der Waals surface area contributed by atoms with Crippen LogP contribution in [-0.2, 0) is 4.79 Å². The van der Waals surface area contributed by atoms with Crippen LogP contribution < -0.4 is 5.32 Å². The van der Waals surface area contributed by atoms with Gasteiger partial charge in [0.25, 0.3) is 0 Å². The van der Waals surface area contributed by atoms with Crippen LogP contribution in [0.2, 0.25) is 0 Å². The molecule has 1 aliphatic heterocycles. The number of ketones is 1. The Labute approximate surface area is 158 Å². The Bertz CT molecular complexity index is 1090. The summed E-state index contributed by atoms with van der Waals surface area (Å²) >= 11 is 0. The monoisotopic (exact) mass is 355 g/mol. The topological polar surface area (TPSA) is 54.9 Å². The number of aromatic nitrogens is 2. The largest absolute Gasteiger partial charge is 0.358 e. The van der Waals surface area contributed by atoms with Gasteiger partial charge in [-0.2, -0.15) is 0 Å². The molecule has 0 amide bonds. The van der Waals surface area contributed by atoms with E-state index in [0.717, 1.165) is 33.5 Å². The summed E-state index contributed by atoms with van der Waals surface area (Å²) in [6.07, 6.45) is 6.39. The van der Waals surface area contributed by atoms with Crippen molar-refractivity contribution in [2.24, 2.45) is 11.3 Å². The summed E-state index contributed by atoms with van der Waals surface area (Å²) in [5.74, 6) is -0.0661. The summed E-state index contributed by atoms with van der Waals surface area (Å²) in [7, 11) is 0. The standard InChI is InChI=1S/C23H21N3O/c1-23(2)12-18-21(19(27)13-23)22(16-7-3-4-10-25-16)20-14-6-5-11-24-15(14)8-9-17(20)26-18/h3-12,21-22,26H,13H2,1-2H3. The van der Waals surface area contributed by atoms with E-state index in [1.807, 2.05) is 30.3 Å². The summed E-state index contributed by atoms with van der Waals surface area (Å²) in [5.41, 5.74) is 4.90. The first-order valence-corrected chi connectivity index (χ1v) is 9.34. The van der Waals surface area contributed by atoms with E-state index in [9.17, 15) is 4.79 Å². The van der Waals surface area contributed by atoms with Crippen LogP contribution in [0.15, 0.2) is 66.6 Å². The predicted octanol–water partition coefficient (Wildman–Crippen LogP) is 4.69. The van der Waals surface area contributed by atoms with Crippen molar-refractivity contribution in [1.29, 1.82) is 0 Å². The normalized spacial score (nSPS) is 23.2. The Morgan fingerprint density at radius 1 is 1.00 bits per heavy atom. The second kappa shape index (κ2) is 5.74. The second-order valence-corrected chi connectivity index (χ2v) is 8.16. The molecule has 0 fully saturated rings. The number of Topliss-reactive ketones (excluding diaryl/α,β-unsaturated/α-hetero) is 1. The smallest absolute Gasteiger partial charge is 0.143 e. The van der Waals surface area contributed by atoms with Gasteiger partial charge in [0, 0.05) is 47.2 Å². The van der Waals surface area contributed by atoms with Crippen molar-refractivity contribution in [3.8, 4) is 0 Å². The molecule has 2 unspecified atom stereocenters. The summed E-state index contributed by atoms with van der Waals surface area (Å²) in [6, 6.07) is 14.1. The highest BCUT2D eigenvalue weighted by Crippen LogP contribution is 2.50. The maximum atomic E-state index is 13.2. The number of fused-ring (bicyclic) bond motifs is 4. The molecule has 2 aromatic heterocycles. The van der Waals surface area contributed by atoms with Gasteiger partial charge in [-0.3, -0.25) is 14.8 Å². The van der Waals surface area contributed by atoms with Gasteiger partial charge in [0.2, 0.25) is 0 Å². The van der Waals surface area contributed by atoms with Crippen LogP contribution in [0.4, 0.5) is 5.69 Å². The fourth-order valence-corrected chi connectivity index (χ4v) is 4.59. The average Bonchev–Trinajstić information content (AvgIpc) is 2.66. The number of benzene rings is 1. The molecule has 1 aliphatic carbocycles. The van der Waals surface area contributed by atoms with Crippen molar-refractivity contribution in [3.63, 3.8) is 0 Å². The molecular weight excluding hydrogens is 334 g/mol. The van der Waals surface area contributed by atoms with Crippen molar-refractivity contribution >= 4 is 22.4 Å². The van der Waals surface area contributed by atoms with Gasteiger partial charge in [-0.25, -0.2) is 0 Å². The summed E-state index contributed by atoms with van der Waals surface area (Å²) in [4.78, 5) is 22.4. The average molecular weight is 355 g/mol. The Morgan fingerprint density at radius 2 is 1.85 bits per heavy atom. The van der Waals surface area contributed by atoms with Gasteiger partial charge >= 0.3 is 0 Å². The van der Waals surface area contributed by atoms with E-state index in [4.69, 9.17) is 0 Å². The van der Waals surface area contributed by atoms with Gasteiger partial charge in [-0.05, 0) is 41.3 Å². The lowest BCUT2D eigenvalue weighted by Crippen LogP contribution is -2.39. The molecule has 5 rings (SSSR count). The Morgan fingerprint density at radius 3 is 2.67 bits per heavy atom. The molecule has 0 radical (unpaired) electrons. The third-order valence-electron chi connectivity index (χ3n) is 5.61. The van der Waals surface area contributed by atoms with Gasteiger partial charge in [-0.1, -0.05) is 32.1 Å². The Balaban J connectivity index is 1.83. The van der Waals surface area contributed by atoms with Crippen LogP contribution in [0.25, 0.3) is 10.9 Å². The minimum Gasteiger partial charge on any atom is -0.358 e. The highest BCUT2D eigenvalue weighted by molar-refractivity contribution is 5.95. The van der Waals surface area contributed by atoms with Gasteiger partial charge < -0.3 is 5.32 Å². The maximum absolute atomic E-state index is 13.2. The summed E-state index contributed by atoms with van der Waals surface area (Å²) in [6.45, 7) is 4.23. The zero-order valence-electron chi connectivity index (χ0n) is 15.4. The molecule has 1 aromatic carbocycles. The first kappa shape index (κ1) is 16.2. The molecule has 3 heterocycles. The number of hydrogen-bond acceptors (Lipinski definition) is 4. The minimum atomic E-state index is -0.230. The van der Waals surface area contributed by atoms with E-state index in [0.29, 0.717) is 6.42 Å². The van der Waals surface area contributed by atoms with Crippen molar-refractivity contribution in [1.82, 2.24) is 9.97 Å². The quantitative estimate of drug-likeness (QED) is 0.688. The Hall–Kier alpha value is -3.01. The first-order chi connectivity index (χ1) is 13.0. The third kappa shape index (κ3) is 2.55. The zero-order valence-corrected chi connectivity index (χ0v) is 15.4. The van der Waals surface area contributed by atoms with Gasteiger partial charge in [0.15, 0.2) is 0 Å². The molecule has 2 aliphatic rings. The van der Waals surface area contributed by atoms with Crippen LogP contribution in [0.1, 0.15) is 37.4 Å². The highest BCUT2D eigenvalue weighted by atomic mass is 16.1. The number of pyridine rings is 2. The molecule has 0 spiro atoms.